The van der Waals surface area contributed by atoms with Crippen molar-refractivity contribution in [2.75, 3.05) is 14.2 Å². The van der Waals surface area contributed by atoms with Crippen molar-refractivity contribution in [3.63, 3.8) is 0 Å². The van der Waals surface area contributed by atoms with Crippen molar-refractivity contribution in [3.8, 4) is 22.8 Å². The van der Waals surface area contributed by atoms with Gasteiger partial charge in [0.25, 0.3) is 5.91 Å². The van der Waals surface area contributed by atoms with E-state index < -0.39 is 0 Å². The van der Waals surface area contributed by atoms with Gasteiger partial charge in [0.2, 0.25) is 0 Å². The number of nitrogens with one attached hydrogen (secondary N) is 2. The summed E-state index contributed by atoms with van der Waals surface area (Å²) in [6.07, 6.45) is 0. The van der Waals surface area contributed by atoms with E-state index in [1.54, 1.807) is 26.4 Å². The molecule has 0 aliphatic carbocycles. The second-order valence-electron chi connectivity index (χ2n) is 5.90. The van der Waals surface area contributed by atoms with Crippen LogP contribution in [0.2, 0.25) is 0 Å². The van der Waals surface area contributed by atoms with Crippen molar-refractivity contribution in [3.05, 3.63) is 65.4 Å². The van der Waals surface area contributed by atoms with Gasteiger partial charge in [-0.25, -0.2) is 0 Å². The van der Waals surface area contributed by atoms with Crippen LogP contribution < -0.4 is 14.8 Å². The topological polar surface area (TPSA) is 76.2 Å². The van der Waals surface area contributed by atoms with E-state index in [2.05, 4.69) is 15.5 Å². The van der Waals surface area contributed by atoms with Gasteiger partial charge in [0, 0.05) is 18.2 Å². The van der Waals surface area contributed by atoms with Gasteiger partial charge in [-0.05, 0) is 30.7 Å². The van der Waals surface area contributed by atoms with Crippen molar-refractivity contribution in [2.24, 2.45) is 0 Å². The molecule has 1 heterocycles. The summed E-state index contributed by atoms with van der Waals surface area (Å²) in [5.74, 6) is 1.11. The molecule has 0 saturated heterocycles. The maximum Gasteiger partial charge on any atom is 0.269 e. The minimum atomic E-state index is -0.210. The molecular formula is C20H21N3O3. The number of carbonyl (C=O) groups excluding carboxylic acids is 1. The lowest BCUT2D eigenvalue weighted by Gasteiger charge is -2.08. The maximum atomic E-state index is 12.4. The van der Waals surface area contributed by atoms with Crippen LogP contribution in [0.1, 0.15) is 21.6 Å². The summed E-state index contributed by atoms with van der Waals surface area (Å²) in [4.78, 5) is 12.4. The molecular weight excluding hydrogens is 330 g/mol. The highest BCUT2D eigenvalue weighted by atomic mass is 16.5. The molecule has 0 bridgehead atoms. The number of nitrogens with zero attached hydrogens (tertiary/aromatic N) is 1. The number of aromatic nitrogens is 2. The molecule has 0 atom stereocenters. The van der Waals surface area contributed by atoms with Gasteiger partial charge in [-0.2, -0.15) is 5.10 Å². The first-order chi connectivity index (χ1) is 12.6. The molecule has 0 aliphatic rings. The first-order valence-corrected chi connectivity index (χ1v) is 8.22. The monoisotopic (exact) mass is 351 g/mol. The molecule has 0 aliphatic heterocycles. The summed E-state index contributed by atoms with van der Waals surface area (Å²) in [6.45, 7) is 2.48. The second kappa shape index (κ2) is 7.74. The molecule has 6 heteroatoms. The van der Waals surface area contributed by atoms with E-state index in [1.165, 1.54) is 0 Å². The van der Waals surface area contributed by atoms with Crippen LogP contribution in [0.4, 0.5) is 0 Å². The SMILES string of the molecule is COc1ccc(-c2cc(C(=O)NCc3cccc(C)c3)[nH]n2)c(OC)c1. The number of aromatic amines is 1. The predicted octanol–water partition coefficient (Wildman–Crippen LogP) is 3.33. The third kappa shape index (κ3) is 3.85. The van der Waals surface area contributed by atoms with E-state index in [0.29, 0.717) is 29.4 Å². The highest BCUT2D eigenvalue weighted by Gasteiger charge is 2.14. The van der Waals surface area contributed by atoms with Crippen LogP contribution in [0, 0.1) is 6.92 Å². The average molecular weight is 351 g/mol. The summed E-state index contributed by atoms with van der Waals surface area (Å²) in [5, 5.41) is 9.91. The zero-order valence-electron chi connectivity index (χ0n) is 15.0. The average Bonchev–Trinajstić information content (AvgIpc) is 3.15. The van der Waals surface area contributed by atoms with E-state index in [-0.39, 0.29) is 5.91 Å². The molecule has 0 radical (unpaired) electrons. The van der Waals surface area contributed by atoms with Crippen molar-refractivity contribution in [2.45, 2.75) is 13.5 Å². The molecule has 26 heavy (non-hydrogen) atoms. The molecule has 1 aromatic heterocycles. The number of methoxy groups -OCH3 is 2. The fraction of sp³-hybridized carbons (Fsp3) is 0.200. The first-order valence-electron chi connectivity index (χ1n) is 8.22. The van der Waals surface area contributed by atoms with Crippen molar-refractivity contribution in [1.29, 1.82) is 0 Å². The Morgan fingerprint density at radius 3 is 2.69 bits per heavy atom. The smallest absolute Gasteiger partial charge is 0.269 e. The molecule has 2 N–H and O–H groups in total. The summed E-state index contributed by atoms with van der Waals surface area (Å²) < 4.78 is 10.6. The molecule has 134 valence electrons. The lowest BCUT2D eigenvalue weighted by molar-refractivity contribution is 0.0946. The Labute approximate surface area is 152 Å². The number of hydrogen-bond acceptors (Lipinski definition) is 4. The second-order valence-corrected chi connectivity index (χ2v) is 5.90. The van der Waals surface area contributed by atoms with Crippen LogP contribution in [0.3, 0.4) is 0 Å². The molecule has 3 rings (SSSR count). The number of H-pyrrole nitrogens is 1. The largest absolute Gasteiger partial charge is 0.497 e. The third-order valence-electron chi connectivity index (χ3n) is 4.04. The number of rotatable bonds is 6. The van der Waals surface area contributed by atoms with Gasteiger partial charge >= 0.3 is 0 Å². The third-order valence-corrected chi connectivity index (χ3v) is 4.04. The lowest BCUT2D eigenvalue weighted by Crippen LogP contribution is -2.23. The minimum Gasteiger partial charge on any atom is -0.497 e. The quantitative estimate of drug-likeness (QED) is 0.714. The van der Waals surface area contributed by atoms with E-state index in [0.717, 1.165) is 16.7 Å². The molecule has 3 aromatic rings. The van der Waals surface area contributed by atoms with Gasteiger partial charge in [0.05, 0.1) is 19.9 Å². The number of benzene rings is 2. The van der Waals surface area contributed by atoms with Gasteiger partial charge in [0.1, 0.15) is 17.2 Å². The predicted molar refractivity (Wildman–Crippen MR) is 99.5 cm³/mol. The van der Waals surface area contributed by atoms with Crippen LogP contribution >= 0.6 is 0 Å². The Morgan fingerprint density at radius 2 is 1.96 bits per heavy atom. The van der Waals surface area contributed by atoms with Gasteiger partial charge in [-0.15, -0.1) is 0 Å². The zero-order chi connectivity index (χ0) is 18.5. The highest BCUT2D eigenvalue weighted by Crippen LogP contribution is 2.32. The first kappa shape index (κ1) is 17.5. The van der Waals surface area contributed by atoms with Crippen LogP contribution in [-0.4, -0.2) is 30.3 Å². The summed E-state index contributed by atoms with van der Waals surface area (Å²) in [5.41, 5.74) is 4.01. The summed E-state index contributed by atoms with van der Waals surface area (Å²) in [7, 11) is 3.18. The molecule has 1 amide bonds. The fourth-order valence-electron chi connectivity index (χ4n) is 2.69. The summed E-state index contributed by atoms with van der Waals surface area (Å²) in [6, 6.07) is 15.2. The van der Waals surface area contributed by atoms with Gasteiger partial charge < -0.3 is 14.8 Å². The van der Waals surface area contributed by atoms with Gasteiger partial charge in [-0.1, -0.05) is 29.8 Å². The Hall–Kier alpha value is -3.28. The number of aryl methyl sites for hydroxylation is 1. The summed E-state index contributed by atoms with van der Waals surface area (Å²) >= 11 is 0. The van der Waals surface area contributed by atoms with E-state index in [4.69, 9.17) is 9.47 Å². The van der Waals surface area contributed by atoms with Crippen LogP contribution in [0.25, 0.3) is 11.3 Å². The molecule has 0 unspecified atom stereocenters. The minimum absolute atomic E-state index is 0.210. The van der Waals surface area contributed by atoms with Gasteiger partial charge in [-0.3, -0.25) is 9.89 Å². The van der Waals surface area contributed by atoms with Crippen LogP contribution in [-0.2, 0) is 6.54 Å². The van der Waals surface area contributed by atoms with Crippen molar-refractivity contribution >= 4 is 5.91 Å². The number of amides is 1. The molecule has 6 nitrogen and oxygen atoms in total. The van der Waals surface area contributed by atoms with Gasteiger partial charge in [0.15, 0.2) is 0 Å². The van der Waals surface area contributed by atoms with E-state index in [9.17, 15) is 4.79 Å². The van der Waals surface area contributed by atoms with Crippen molar-refractivity contribution in [1.82, 2.24) is 15.5 Å². The van der Waals surface area contributed by atoms with Crippen LogP contribution in [0.15, 0.2) is 48.5 Å². The lowest BCUT2D eigenvalue weighted by atomic mass is 10.1. The Kier molecular flexibility index (Phi) is 5.22. The Bertz CT molecular complexity index is 918. The molecule has 0 fully saturated rings. The molecule has 0 saturated carbocycles. The zero-order valence-corrected chi connectivity index (χ0v) is 15.0. The molecule has 0 spiro atoms. The standard InChI is InChI=1S/C20H21N3O3/c1-13-5-4-6-14(9-13)12-21-20(24)18-11-17(22-23-18)16-8-7-15(25-2)10-19(16)26-3/h4-11H,12H2,1-3H3,(H,21,24)(H,22,23). The number of hydrogen-bond donors (Lipinski definition) is 2. The number of carbonyl (C=O) groups is 1. The molecule has 2 aromatic carbocycles. The van der Waals surface area contributed by atoms with Crippen LogP contribution in [0.5, 0.6) is 11.5 Å². The fourth-order valence-corrected chi connectivity index (χ4v) is 2.69. The normalized spacial score (nSPS) is 10.4. The highest BCUT2D eigenvalue weighted by molar-refractivity contribution is 5.93. The Morgan fingerprint density at radius 1 is 1.12 bits per heavy atom. The van der Waals surface area contributed by atoms with Crippen molar-refractivity contribution < 1.29 is 14.3 Å². The maximum absolute atomic E-state index is 12.4. The number of ether oxygens (including phenoxy) is 2. The Balaban J connectivity index is 1.74. The van der Waals surface area contributed by atoms with E-state index in [1.807, 2.05) is 43.3 Å². The van der Waals surface area contributed by atoms with E-state index >= 15 is 0 Å².